The highest BCUT2D eigenvalue weighted by atomic mass is 19.1. The first-order valence-corrected chi connectivity index (χ1v) is 6.81. The molecule has 0 fully saturated rings. The van der Waals surface area contributed by atoms with E-state index >= 15 is 0 Å². The van der Waals surface area contributed by atoms with Crippen molar-refractivity contribution < 1.29 is 18.4 Å². The van der Waals surface area contributed by atoms with Gasteiger partial charge in [0.2, 0.25) is 11.8 Å². The minimum atomic E-state index is -0.826. The molecule has 0 aliphatic carbocycles. The van der Waals surface area contributed by atoms with E-state index in [-0.39, 0.29) is 24.6 Å². The molecule has 0 bridgehead atoms. The summed E-state index contributed by atoms with van der Waals surface area (Å²) in [5, 5.41) is 2.72. The van der Waals surface area contributed by atoms with Crippen LogP contribution in [-0.4, -0.2) is 24.9 Å². The number of rotatable bonds is 6. The van der Waals surface area contributed by atoms with Crippen molar-refractivity contribution in [2.45, 2.75) is 27.2 Å². The van der Waals surface area contributed by atoms with Crippen LogP contribution in [-0.2, 0) is 9.59 Å². The Kier molecular flexibility index (Phi) is 6.27. The first-order chi connectivity index (χ1) is 9.81. The fourth-order valence-electron chi connectivity index (χ4n) is 1.77. The van der Waals surface area contributed by atoms with Crippen molar-refractivity contribution in [2.24, 2.45) is 5.92 Å². The number of hydrogen-bond donors (Lipinski definition) is 1. The lowest BCUT2D eigenvalue weighted by molar-refractivity contribution is -0.121. The van der Waals surface area contributed by atoms with Crippen LogP contribution in [0.15, 0.2) is 18.2 Å². The van der Waals surface area contributed by atoms with Gasteiger partial charge in [0.1, 0.15) is 11.6 Å². The van der Waals surface area contributed by atoms with Crippen molar-refractivity contribution in [3.8, 4) is 0 Å². The average molecular weight is 298 g/mol. The van der Waals surface area contributed by atoms with Gasteiger partial charge in [-0.2, -0.15) is 0 Å². The van der Waals surface area contributed by atoms with E-state index in [1.54, 1.807) is 0 Å². The SMILES string of the molecule is CC(=O)N(CCC(=O)NCC(C)C)c1ccc(F)cc1F. The van der Waals surface area contributed by atoms with Gasteiger partial charge >= 0.3 is 0 Å². The molecule has 1 rings (SSSR count). The molecule has 0 aromatic heterocycles. The lowest BCUT2D eigenvalue weighted by atomic mass is 10.2. The van der Waals surface area contributed by atoms with E-state index in [1.807, 2.05) is 13.8 Å². The highest BCUT2D eigenvalue weighted by Gasteiger charge is 2.17. The number of benzene rings is 1. The van der Waals surface area contributed by atoms with E-state index in [1.165, 1.54) is 13.0 Å². The number of amides is 2. The molecule has 6 heteroatoms. The number of halogens is 2. The zero-order valence-corrected chi connectivity index (χ0v) is 12.5. The van der Waals surface area contributed by atoms with E-state index in [9.17, 15) is 18.4 Å². The Morgan fingerprint density at radius 2 is 1.95 bits per heavy atom. The van der Waals surface area contributed by atoms with Gasteiger partial charge in [-0.3, -0.25) is 9.59 Å². The summed E-state index contributed by atoms with van der Waals surface area (Å²) in [4.78, 5) is 24.4. The van der Waals surface area contributed by atoms with Gasteiger partial charge in [0.05, 0.1) is 5.69 Å². The molecule has 1 aromatic rings. The molecular weight excluding hydrogens is 278 g/mol. The van der Waals surface area contributed by atoms with Gasteiger partial charge in [0, 0.05) is 32.5 Å². The Hall–Kier alpha value is -1.98. The Morgan fingerprint density at radius 3 is 2.48 bits per heavy atom. The Bertz CT molecular complexity index is 518. The number of carbonyl (C=O) groups is 2. The fraction of sp³-hybridized carbons (Fsp3) is 0.467. The van der Waals surface area contributed by atoms with Crippen LogP contribution in [0.25, 0.3) is 0 Å². The molecule has 4 nitrogen and oxygen atoms in total. The molecule has 0 unspecified atom stereocenters. The summed E-state index contributed by atoms with van der Waals surface area (Å²) in [6.45, 7) is 5.80. The summed E-state index contributed by atoms with van der Waals surface area (Å²) in [6.07, 6.45) is 0.0586. The van der Waals surface area contributed by atoms with Crippen molar-refractivity contribution in [1.82, 2.24) is 5.32 Å². The van der Waals surface area contributed by atoms with Gasteiger partial charge in [0.25, 0.3) is 0 Å². The van der Waals surface area contributed by atoms with Crippen molar-refractivity contribution in [3.05, 3.63) is 29.8 Å². The summed E-state index contributed by atoms with van der Waals surface area (Å²) in [7, 11) is 0. The van der Waals surface area contributed by atoms with Gasteiger partial charge in [-0.25, -0.2) is 8.78 Å². The van der Waals surface area contributed by atoms with Crippen LogP contribution in [0.5, 0.6) is 0 Å². The molecule has 21 heavy (non-hydrogen) atoms. The molecule has 2 amide bonds. The van der Waals surface area contributed by atoms with Gasteiger partial charge in [-0.05, 0) is 18.1 Å². The van der Waals surface area contributed by atoms with Crippen LogP contribution < -0.4 is 10.2 Å². The minimum absolute atomic E-state index is 0.0273. The van der Waals surface area contributed by atoms with Crippen LogP contribution in [0, 0.1) is 17.6 Å². The molecule has 1 aromatic carbocycles. The molecule has 0 heterocycles. The second kappa shape index (κ2) is 7.71. The molecule has 0 spiro atoms. The maximum atomic E-state index is 13.7. The van der Waals surface area contributed by atoms with Gasteiger partial charge in [-0.15, -0.1) is 0 Å². The molecule has 1 N–H and O–H groups in total. The highest BCUT2D eigenvalue weighted by molar-refractivity contribution is 5.92. The normalized spacial score (nSPS) is 10.6. The Labute approximate surface area is 123 Å². The summed E-state index contributed by atoms with van der Waals surface area (Å²) in [5.41, 5.74) is -0.0273. The number of anilines is 1. The predicted octanol–water partition coefficient (Wildman–Crippen LogP) is 2.48. The predicted molar refractivity (Wildman–Crippen MR) is 76.8 cm³/mol. The van der Waals surface area contributed by atoms with Crippen molar-refractivity contribution in [1.29, 1.82) is 0 Å². The zero-order chi connectivity index (χ0) is 16.0. The number of nitrogens with one attached hydrogen (secondary N) is 1. The van der Waals surface area contributed by atoms with Crippen LogP contribution in [0.1, 0.15) is 27.2 Å². The second-order valence-electron chi connectivity index (χ2n) is 5.21. The average Bonchev–Trinajstić information content (AvgIpc) is 2.38. The van der Waals surface area contributed by atoms with E-state index in [0.717, 1.165) is 11.0 Å². The molecule has 0 aliphatic rings. The van der Waals surface area contributed by atoms with Crippen LogP contribution in [0.2, 0.25) is 0 Å². The van der Waals surface area contributed by atoms with Crippen LogP contribution in [0.3, 0.4) is 0 Å². The van der Waals surface area contributed by atoms with E-state index in [2.05, 4.69) is 5.32 Å². The summed E-state index contributed by atoms with van der Waals surface area (Å²) in [5.74, 6) is -1.83. The lowest BCUT2D eigenvalue weighted by Crippen LogP contribution is -2.35. The standard InChI is InChI=1S/C15H20F2N2O2/c1-10(2)9-18-15(21)6-7-19(11(3)20)14-5-4-12(16)8-13(14)17/h4-5,8,10H,6-7,9H2,1-3H3,(H,18,21). The maximum Gasteiger partial charge on any atom is 0.223 e. The molecule has 116 valence electrons. The molecule has 0 saturated heterocycles. The summed E-state index contributed by atoms with van der Waals surface area (Å²) in [6, 6.07) is 2.98. The minimum Gasteiger partial charge on any atom is -0.356 e. The summed E-state index contributed by atoms with van der Waals surface area (Å²) < 4.78 is 26.6. The molecule has 0 aliphatic heterocycles. The molecular formula is C15H20F2N2O2. The third-order valence-electron chi connectivity index (χ3n) is 2.85. The topological polar surface area (TPSA) is 49.4 Å². The number of hydrogen-bond acceptors (Lipinski definition) is 2. The van der Waals surface area contributed by atoms with E-state index < -0.39 is 17.5 Å². The van der Waals surface area contributed by atoms with E-state index in [0.29, 0.717) is 18.5 Å². The van der Waals surface area contributed by atoms with Gasteiger partial charge < -0.3 is 10.2 Å². The second-order valence-corrected chi connectivity index (χ2v) is 5.21. The Balaban J connectivity index is 2.71. The van der Waals surface area contributed by atoms with Crippen molar-refractivity contribution >= 4 is 17.5 Å². The third-order valence-corrected chi connectivity index (χ3v) is 2.85. The van der Waals surface area contributed by atoms with Crippen molar-refractivity contribution in [2.75, 3.05) is 18.0 Å². The summed E-state index contributed by atoms with van der Waals surface area (Å²) >= 11 is 0. The first kappa shape index (κ1) is 17.1. The highest BCUT2D eigenvalue weighted by Crippen LogP contribution is 2.20. The molecule has 0 radical (unpaired) electrons. The zero-order valence-electron chi connectivity index (χ0n) is 12.5. The quantitative estimate of drug-likeness (QED) is 0.877. The smallest absolute Gasteiger partial charge is 0.223 e. The largest absolute Gasteiger partial charge is 0.356 e. The molecule has 0 atom stereocenters. The van der Waals surface area contributed by atoms with Crippen LogP contribution >= 0.6 is 0 Å². The Morgan fingerprint density at radius 1 is 1.29 bits per heavy atom. The number of carbonyl (C=O) groups excluding carboxylic acids is 2. The first-order valence-electron chi connectivity index (χ1n) is 6.81. The van der Waals surface area contributed by atoms with Gasteiger partial charge in [-0.1, -0.05) is 13.8 Å². The third kappa shape index (κ3) is 5.49. The van der Waals surface area contributed by atoms with Crippen molar-refractivity contribution in [3.63, 3.8) is 0 Å². The lowest BCUT2D eigenvalue weighted by Gasteiger charge is -2.21. The molecule has 0 saturated carbocycles. The van der Waals surface area contributed by atoms with Crippen LogP contribution in [0.4, 0.5) is 14.5 Å². The fourth-order valence-corrected chi connectivity index (χ4v) is 1.77. The number of nitrogens with zero attached hydrogens (tertiary/aromatic N) is 1. The monoisotopic (exact) mass is 298 g/mol. The van der Waals surface area contributed by atoms with E-state index in [4.69, 9.17) is 0 Å². The maximum absolute atomic E-state index is 13.7. The van der Waals surface area contributed by atoms with Gasteiger partial charge in [0.15, 0.2) is 0 Å².